The van der Waals surface area contributed by atoms with Gasteiger partial charge in [-0.25, -0.2) is 13.8 Å². The molecule has 1 aromatic rings. The van der Waals surface area contributed by atoms with Crippen LogP contribution in [-0.2, 0) is 20.9 Å². The van der Waals surface area contributed by atoms with Crippen molar-refractivity contribution in [3.05, 3.63) is 101 Å². The van der Waals surface area contributed by atoms with Crippen molar-refractivity contribution >= 4 is 23.8 Å². The lowest BCUT2D eigenvalue weighted by Crippen LogP contribution is -2.41. The number of aliphatic imine (C=N–C) groups is 1. The van der Waals surface area contributed by atoms with Crippen LogP contribution in [0.2, 0.25) is 0 Å². The van der Waals surface area contributed by atoms with Crippen LogP contribution < -0.4 is 16.0 Å². The van der Waals surface area contributed by atoms with Gasteiger partial charge in [-0.1, -0.05) is 24.3 Å². The summed E-state index contributed by atoms with van der Waals surface area (Å²) in [6.07, 6.45) is 13.4. The van der Waals surface area contributed by atoms with E-state index < -0.39 is 23.4 Å². The standard InChI is InChI=1S/C26H24F2N4O3/c1-2-24-31-22(25(34)29-15-18-11-12-20(27)21(28)13-18)14-23(32-24)26(35)30-19-9-5-3-7-17(16-33)8-4-6-10-19/h2-5,8-9,11-14,16,19,31H,6,10,15H2,1H3,(H,29,34)(H,30,35)/b8-4+,9-5+,24-2-. The molecule has 9 heteroatoms. The van der Waals surface area contributed by atoms with Gasteiger partial charge in [0.15, 0.2) is 17.9 Å². The molecule has 0 saturated heterocycles. The first-order chi connectivity index (χ1) is 16.9. The highest BCUT2D eigenvalue weighted by Crippen LogP contribution is 2.11. The van der Waals surface area contributed by atoms with Gasteiger partial charge in [-0.05, 0) is 61.8 Å². The normalized spacial score (nSPS) is 20.5. The van der Waals surface area contributed by atoms with E-state index in [2.05, 4.69) is 26.7 Å². The molecule has 1 aromatic carbocycles. The molecular weight excluding hydrogens is 454 g/mol. The summed E-state index contributed by atoms with van der Waals surface area (Å²) in [6.45, 7) is 1.67. The summed E-state index contributed by atoms with van der Waals surface area (Å²) < 4.78 is 26.5. The average molecular weight is 478 g/mol. The number of benzene rings is 1. The zero-order valence-electron chi connectivity index (χ0n) is 19.0. The fourth-order valence-electron chi connectivity index (χ4n) is 3.20. The quantitative estimate of drug-likeness (QED) is 0.432. The van der Waals surface area contributed by atoms with E-state index in [4.69, 9.17) is 0 Å². The molecule has 2 amide bonds. The zero-order chi connectivity index (χ0) is 25.2. The Morgan fingerprint density at radius 3 is 2.83 bits per heavy atom. The number of allylic oxidation sites excluding steroid dienone is 5. The maximum atomic E-state index is 13.4. The fourth-order valence-corrected chi connectivity index (χ4v) is 3.20. The largest absolute Gasteiger partial charge is 0.347 e. The average Bonchev–Trinajstić information content (AvgIpc) is 2.87. The molecule has 3 N–H and O–H groups in total. The smallest absolute Gasteiger partial charge is 0.270 e. The predicted octanol–water partition coefficient (Wildman–Crippen LogP) is 3.04. The van der Waals surface area contributed by atoms with E-state index in [1.54, 1.807) is 37.3 Å². The van der Waals surface area contributed by atoms with Gasteiger partial charge in [-0.2, -0.15) is 0 Å². The molecule has 1 aliphatic carbocycles. The topological polar surface area (TPSA) is 99.7 Å². The van der Waals surface area contributed by atoms with E-state index in [-0.39, 0.29) is 24.0 Å². The van der Waals surface area contributed by atoms with Crippen LogP contribution in [0.4, 0.5) is 8.78 Å². The first-order valence-corrected chi connectivity index (χ1v) is 10.9. The van der Waals surface area contributed by atoms with Crippen molar-refractivity contribution in [2.75, 3.05) is 0 Å². The molecule has 7 nitrogen and oxygen atoms in total. The first kappa shape index (κ1) is 25.3. The molecule has 35 heavy (non-hydrogen) atoms. The summed E-state index contributed by atoms with van der Waals surface area (Å²) >= 11 is 0. The van der Waals surface area contributed by atoms with Gasteiger partial charge in [0.2, 0.25) is 0 Å². The molecule has 3 rings (SSSR count). The Balaban J connectivity index is 1.70. The van der Waals surface area contributed by atoms with E-state index in [1.807, 2.05) is 6.08 Å². The molecule has 180 valence electrons. The number of rotatable bonds is 6. The van der Waals surface area contributed by atoms with Gasteiger partial charge in [0.05, 0.1) is 5.57 Å². The highest BCUT2D eigenvalue weighted by Gasteiger charge is 2.22. The van der Waals surface area contributed by atoms with Gasteiger partial charge < -0.3 is 16.0 Å². The number of aldehydes is 1. The molecule has 2 aliphatic rings. The van der Waals surface area contributed by atoms with Crippen molar-refractivity contribution in [2.45, 2.75) is 32.4 Å². The van der Waals surface area contributed by atoms with Crippen molar-refractivity contribution in [2.24, 2.45) is 4.99 Å². The Bertz CT molecular complexity index is 1230. The van der Waals surface area contributed by atoms with E-state index in [0.29, 0.717) is 36.1 Å². The summed E-state index contributed by atoms with van der Waals surface area (Å²) in [6, 6.07) is 3.04. The predicted molar refractivity (Wildman–Crippen MR) is 128 cm³/mol. The lowest BCUT2D eigenvalue weighted by Gasteiger charge is -2.19. The van der Waals surface area contributed by atoms with Crippen molar-refractivity contribution in [1.82, 2.24) is 16.0 Å². The lowest BCUT2D eigenvalue weighted by atomic mass is 10.1. The number of amides is 2. The molecule has 1 unspecified atom stereocenters. The second-order valence-corrected chi connectivity index (χ2v) is 7.61. The summed E-state index contributed by atoms with van der Waals surface area (Å²) in [5, 5.41) is 8.32. The number of hydrogen-bond acceptors (Lipinski definition) is 5. The monoisotopic (exact) mass is 478 g/mol. The second kappa shape index (κ2) is 12.2. The number of hydrogen-bond donors (Lipinski definition) is 3. The minimum Gasteiger partial charge on any atom is -0.347 e. The Morgan fingerprint density at radius 1 is 1.26 bits per heavy atom. The Hall–Kier alpha value is -4.36. The lowest BCUT2D eigenvalue weighted by molar-refractivity contribution is -0.118. The van der Waals surface area contributed by atoms with Gasteiger partial charge in [-0.3, -0.25) is 14.4 Å². The third-order valence-electron chi connectivity index (χ3n) is 5.05. The number of nitrogens with zero attached hydrogens (tertiary/aromatic N) is 1. The molecule has 0 saturated carbocycles. The maximum absolute atomic E-state index is 13.4. The molecule has 0 bridgehead atoms. The van der Waals surface area contributed by atoms with Crippen LogP contribution in [0.25, 0.3) is 0 Å². The molecule has 1 aliphatic heterocycles. The SMILES string of the molecule is C/C=C1\N=C(C(=O)NC2/C=C/C=C=C(C=O)/C=C/CC2)C=C(C(=O)NCc2ccc(F)c(F)c2)N1. The van der Waals surface area contributed by atoms with E-state index in [9.17, 15) is 23.2 Å². The van der Waals surface area contributed by atoms with Gasteiger partial charge in [0.1, 0.15) is 17.2 Å². The molecule has 1 atom stereocenters. The van der Waals surface area contributed by atoms with Gasteiger partial charge >= 0.3 is 0 Å². The van der Waals surface area contributed by atoms with Gasteiger partial charge in [-0.15, -0.1) is 5.73 Å². The highest BCUT2D eigenvalue weighted by molar-refractivity contribution is 6.44. The second-order valence-electron chi connectivity index (χ2n) is 7.61. The summed E-state index contributed by atoms with van der Waals surface area (Å²) in [4.78, 5) is 40.8. The Labute approximate surface area is 201 Å². The molecule has 1 heterocycles. The Kier molecular flexibility index (Phi) is 8.81. The molecule has 0 fully saturated rings. The fraction of sp³-hybridized carbons (Fsp3) is 0.192. The highest BCUT2D eigenvalue weighted by atomic mass is 19.2. The zero-order valence-corrected chi connectivity index (χ0v) is 19.0. The van der Waals surface area contributed by atoms with Crippen molar-refractivity contribution in [1.29, 1.82) is 0 Å². The summed E-state index contributed by atoms with van der Waals surface area (Å²) in [7, 11) is 0. The van der Waals surface area contributed by atoms with Gasteiger partial charge in [0.25, 0.3) is 11.8 Å². The molecule has 0 radical (unpaired) electrons. The van der Waals surface area contributed by atoms with E-state index in [0.717, 1.165) is 12.1 Å². The minimum absolute atomic E-state index is 0.0347. The van der Waals surface area contributed by atoms with Crippen molar-refractivity contribution in [3.8, 4) is 0 Å². The van der Waals surface area contributed by atoms with Crippen LogP contribution in [0.15, 0.2) is 88.5 Å². The van der Waals surface area contributed by atoms with E-state index >= 15 is 0 Å². The third kappa shape index (κ3) is 7.31. The number of nitrogens with one attached hydrogen (secondary N) is 3. The van der Waals surface area contributed by atoms with Crippen LogP contribution in [0, 0.1) is 11.6 Å². The van der Waals surface area contributed by atoms with Crippen LogP contribution in [0.5, 0.6) is 0 Å². The van der Waals surface area contributed by atoms with Crippen molar-refractivity contribution < 1.29 is 23.2 Å². The van der Waals surface area contributed by atoms with Crippen molar-refractivity contribution in [3.63, 3.8) is 0 Å². The first-order valence-electron chi connectivity index (χ1n) is 10.9. The van der Waals surface area contributed by atoms with Crippen LogP contribution in [0.1, 0.15) is 25.3 Å². The van der Waals surface area contributed by atoms with Crippen LogP contribution in [0.3, 0.4) is 0 Å². The van der Waals surface area contributed by atoms with E-state index in [1.165, 1.54) is 12.1 Å². The van der Waals surface area contributed by atoms with Gasteiger partial charge in [0, 0.05) is 12.6 Å². The molecular formula is C26H24F2N4O3. The molecule has 0 spiro atoms. The minimum atomic E-state index is -1.00. The van der Waals surface area contributed by atoms with Crippen LogP contribution >= 0.6 is 0 Å². The summed E-state index contributed by atoms with van der Waals surface area (Å²) in [5.41, 5.74) is 3.77. The number of carbonyl (C=O) groups excluding carboxylic acids is 3. The third-order valence-corrected chi connectivity index (χ3v) is 5.05. The molecule has 0 aromatic heterocycles. The van der Waals surface area contributed by atoms with Crippen LogP contribution in [-0.4, -0.2) is 29.9 Å². The number of halogens is 2. The maximum Gasteiger partial charge on any atom is 0.270 e. The Morgan fingerprint density at radius 2 is 2.09 bits per heavy atom. The summed E-state index contributed by atoms with van der Waals surface area (Å²) in [5.74, 6) is -2.67. The number of carbonyl (C=O) groups is 3.